The molecule has 1 amide bonds. The highest BCUT2D eigenvalue weighted by Crippen LogP contribution is 2.28. The molecular weight excluding hydrogens is 328 g/mol. The summed E-state index contributed by atoms with van der Waals surface area (Å²) in [6, 6.07) is 7.47. The molecule has 0 spiro atoms. The summed E-state index contributed by atoms with van der Waals surface area (Å²) in [5, 5.41) is 7.07. The zero-order chi connectivity index (χ0) is 16.9. The number of esters is 1. The summed E-state index contributed by atoms with van der Waals surface area (Å²) in [7, 11) is 0. The fourth-order valence-corrected chi connectivity index (χ4v) is 3.55. The maximum absolute atomic E-state index is 12.1. The summed E-state index contributed by atoms with van der Waals surface area (Å²) in [4.78, 5) is 24.5. The molecule has 0 saturated carbocycles. The number of ether oxygens (including phenoxy) is 2. The van der Waals surface area contributed by atoms with Gasteiger partial charge in [0.25, 0.3) is 0 Å². The summed E-state index contributed by atoms with van der Waals surface area (Å²) < 4.78 is 11.4. The molecule has 2 aromatic rings. The second kappa shape index (κ2) is 7.74. The number of nitrogens with one attached hydrogen (secondary N) is 2. The van der Waals surface area contributed by atoms with Crippen LogP contribution in [-0.2, 0) is 14.3 Å². The van der Waals surface area contributed by atoms with Gasteiger partial charge in [-0.15, -0.1) is 11.3 Å². The number of hydrogen-bond acceptors (Lipinski definition) is 6. The van der Waals surface area contributed by atoms with E-state index in [9.17, 15) is 9.59 Å². The average Bonchev–Trinajstić information content (AvgIpc) is 2.99. The first kappa shape index (κ1) is 16.9. The van der Waals surface area contributed by atoms with E-state index in [1.54, 1.807) is 13.0 Å². The van der Waals surface area contributed by atoms with E-state index < -0.39 is 0 Å². The van der Waals surface area contributed by atoms with Crippen molar-refractivity contribution >= 4 is 39.0 Å². The number of rotatable bonds is 5. The highest BCUT2D eigenvalue weighted by atomic mass is 32.1. The summed E-state index contributed by atoms with van der Waals surface area (Å²) >= 11 is 1.39. The summed E-state index contributed by atoms with van der Waals surface area (Å²) in [6.07, 6.45) is 0.371. The highest BCUT2D eigenvalue weighted by Gasteiger charge is 2.17. The van der Waals surface area contributed by atoms with Gasteiger partial charge in [0.1, 0.15) is 4.88 Å². The topological polar surface area (TPSA) is 76.7 Å². The lowest BCUT2D eigenvalue weighted by molar-refractivity contribution is -0.117. The van der Waals surface area contributed by atoms with Gasteiger partial charge in [-0.05, 0) is 36.6 Å². The molecule has 1 atom stereocenters. The summed E-state index contributed by atoms with van der Waals surface area (Å²) in [5.74, 6) is -0.370. The third-order valence-corrected chi connectivity index (χ3v) is 4.80. The summed E-state index contributed by atoms with van der Waals surface area (Å²) in [6.45, 7) is 4.16. The lowest BCUT2D eigenvalue weighted by Crippen LogP contribution is -2.43. The van der Waals surface area contributed by atoms with Crippen molar-refractivity contribution in [3.63, 3.8) is 0 Å². The number of hydrogen-bond donors (Lipinski definition) is 2. The largest absolute Gasteiger partial charge is 0.462 e. The normalized spacial score (nSPS) is 17.6. The predicted molar refractivity (Wildman–Crippen MR) is 93.6 cm³/mol. The van der Waals surface area contributed by atoms with E-state index in [-0.39, 0.29) is 17.9 Å². The number of carbonyl (C=O) groups is 2. The quantitative estimate of drug-likeness (QED) is 0.812. The Hall–Kier alpha value is -1.96. The Bertz CT molecular complexity index is 737. The minimum atomic E-state index is -0.312. The van der Waals surface area contributed by atoms with Crippen LogP contribution in [0.1, 0.15) is 23.0 Å². The first-order valence-corrected chi connectivity index (χ1v) is 8.79. The van der Waals surface area contributed by atoms with Crippen LogP contribution in [0.15, 0.2) is 24.3 Å². The van der Waals surface area contributed by atoms with Gasteiger partial charge >= 0.3 is 5.97 Å². The first-order valence-electron chi connectivity index (χ1n) is 7.97. The minimum absolute atomic E-state index is 0.0547. The fourth-order valence-electron chi connectivity index (χ4n) is 2.61. The van der Waals surface area contributed by atoms with Gasteiger partial charge in [0.05, 0.1) is 19.8 Å². The maximum atomic E-state index is 12.1. The number of thiophene rings is 1. The van der Waals surface area contributed by atoms with Crippen LogP contribution in [0.3, 0.4) is 0 Å². The van der Waals surface area contributed by atoms with Crippen molar-refractivity contribution in [2.45, 2.75) is 19.4 Å². The van der Waals surface area contributed by atoms with Crippen LogP contribution in [0.2, 0.25) is 0 Å². The molecule has 1 aliphatic rings. The smallest absolute Gasteiger partial charge is 0.348 e. The van der Waals surface area contributed by atoms with E-state index in [1.165, 1.54) is 11.3 Å². The number of carbonyl (C=O) groups excluding carboxylic acids is 2. The van der Waals surface area contributed by atoms with Crippen LogP contribution in [0.4, 0.5) is 5.69 Å². The SMILES string of the molecule is CCOC(=O)c1cc2cc(NC(=O)CC3COCCN3)ccc2s1. The van der Waals surface area contributed by atoms with Crippen LogP contribution in [-0.4, -0.2) is 44.3 Å². The number of fused-ring (bicyclic) bond motifs is 1. The lowest BCUT2D eigenvalue weighted by Gasteiger charge is -2.23. The molecule has 1 aromatic heterocycles. The minimum Gasteiger partial charge on any atom is -0.462 e. The maximum Gasteiger partial charge on any atom is 0.348 e. The van der Waals surface area contributed by atoms with Crippen molar-refractivity contribution in [2.24, 2.45) is 0 Å². The predicted octanol–water partition coefficient (Wildman–Crippen LogP) is 2.39. The number of anilines is 1. The van der Waals surface area contributed by atoms with Crippen LogP contribution in [0.25, 0.3) is 10.1 Å². The molecule has 0 aliphatic carbocycles. The van der Waals surface area contributed by atoms with Crippen LogP contribution in [0, 0.1) is 0 Å². The molecule has 128 valence electrons. The molecular formula is C17H20N2O4S. The molecule has 1 aromatic carbocycles. The molecule has 1 saturated heterocycles. The van der Waals surface area contributed by atoms with Crippen molar-refractivity contribution in [3.05, 3.63) is 29.1 Å². The van der Waals surface area contributed by atoms with E-state index in [0.717, 1.165) is 22.3 Å². The zero-order valence-electron chi connectivity index (χ0n) is 13.5. The van der Waals surface area contributed by atoms with E-state index in [2.05, 4.69) is 10.6 Å². The van der Waals surface area contributed by atoms with Gasteiger partial charge in [0.15, 0.2) is 0 Å². The number of benzene rings is 1. The van der Waals surface area contributed by atoms with Crippen LogP contribution >= 0.6 is 11.3 Å². The van der Waals surface area contributed by atoms with Gasteiger partial charge in [-0.1, -0.05) is 0 Å². The molecule has 6 nitrogen and oxygen atoms in total. The third-order valence-electron chi connectivity index (χ3n) is 3.71. The molecule has 3 rings (SSSR count). The Balaban J connectivity index is 1.66. The molecule has 1 unspecified atom stereocenters. The Labute approximate surface area is 144 Å². The van der Waals surface area contributed by atoms with Gasteiger partial charge in [0, 0.05) is 29.4 Å². The zero-order valence-corrected chi connectivity index (χ0v) is 14.3. The Morgan fingerprint density at radius 1 is 1.42 bits per heavy atom. The van der Waals surface area contributed by atoms with Crippen molar-refractivity contribution in [2.75, 3.05) is 31.7 Å². The molecule has 1 fully saturated rings. The van der Waals surface area contributed by atoms with E-state index >= 15 is 0 Å². The Morgan fingerprint density at radius 2 is 2.29 bits per heavy atom. The summed E-state index contributed by atoms with van der Waals surface area (Å²) in [5.41, 5.74) is 0.720. The molecule has 24 heavy (non-hydrogen) atoms. The molecule has 2 N–H and O–H groups in total. The molecule has 0 bridgehead atoms. The van der Waals surface area contributed by atoms with Gasteiger partial charge in [-0.25, -0.2) is 4.79 Å². The molecule has 1 aliphatic heterocycles. The van der Waals surface area contributed by atoms with Crippen molar-refractivity contribution in [1.29, 1.82) is 0 Å². The molecule has 0 radical (unpaired) electrons. The second-order valence-corrected chi connectivity index (χ2v) is 6.65. The van der Waals surface area contributed by atoms with Crippen molar-refractivity contribution in [3.8, 4) is 0 Å². The molecule has 2 heterocycles. The standard InChI is InChI=1S/C17H20N2O4S/c1-2-23-17(21)15-8-11-7-12(3-4-14(11)24-15)19-16(20)9-13-10-22-6-5-18-13/h3-4,7-8,13,18H,2,5-6,9-10H2,1H3,(H,19,20). The van der Waals surface area contributed by atoms with E-state index in [1.807, 2.05) is 18.2 Å². The lowest BCUT2D eigenvalue weighted by atomic mass is 10.2. The van der Waals surface area contributed by atoms with Crippen molar-refractivity contribution in [1.82, 2.24) is 5.32 Å². The Kier molecular flexibility index (Phi) is 5.44. The average molecular weight is 348 g/mol. The van der Waals surface area contributed by atoms with E-state index in [4.69, 9.17) is 9.47 Å². The monoisotopic (exact) mass is 348 g/mol. The van der Waals surface area contributed by atoms with Gasteiger partial charge in [0.2, 0.25) is 5.91 Å². The number of morpholine rings is 1. The van der Waals surface area contributed by atoms with Gasteiger partial charge in [-0.3, -0.25) is 4.79 Å². The Morgan fingerprint density at radius 3 is 3.04 bits per heavy atom. The fraction of sp³-hybridized carbons (Fsp3) is 0.412. The highest BCUT2D eigenvalue weighted by molar-refractivity contribution is 7.20. The number of amides is 1. The second-order valence-electron chi connectivity index (χ2n) is 5.56. The first-order chi connectivity index (χ1) is 11.7. The van der Waals surface area contributed by atoms with Crippen LogP contribution in [0.5, 0.6) is 0 Å². The van der Waals surface area contributed by atoms with Crippen molar-refractivity contribution < 1.29 is 19.1 Å². The molecule has 7 heteroatoms. The van der Waals surface area contributed by atoms with Gasteiger partial charge < -0.3 is 20.1 Å². The van der Waals surface area contributed by atoms with E-state index in [0.29, 0.717) is 31.1 Å². The third kappa shape index (κ3) is 4.11. The van der Waals surface area contributed by atoms with Crippen LogP contribution < -0.4 is 10.6 Å². The van der Waals surface area contributed by atoms with Gasteiger partial charge in [-0.2, -0.15) is 0 Å².